The Morgan fingerprint density at radius 1 is 0.589 bits per heavy atom. The van der Waals surface area contributed by atoms with Gasteiger partial charge in [0.05, 0.1) is 13.2 Å². The summed E-state index contributed by atoms with van der Waals surface area (Å²) in [6.45, 7) is 28.4. The summed E-state index contributed by atoms with van der Waals surface area (Å²) in [5.74, 6) is 1.03. The van der Waals surface area contributed by atoms with Gasteiger partial charge in [0.1, 0.15) is 11.5 Å². The molecule has 0 atom stereocenters. The van der Waals surface area contributed by atoms with Crippen molar-refractivity contribution in [2.24, 2.45) is 0 Å². The zero-order chi connectivity index (χ0) is 41.0. The Labute approximate surface area is 364 Å². The standard InChI is InChI=1S/C46H68N2O6S.Na/c1-13-43(5,6)34-19-21-39(37(30-34)45(9,10)15-3)52-25-17-23-47-41(49)32-27-33(29-36(28-32)55-54-51)42(50)48-24-18-26-53-40-22-20-35(44(7,8)14-2)31-38(40)46(11,12)16-4;/h19-22,27-31,51H,13-18,23-26H2,1-12H3,(H,47,49)(H,48,50);/q;+1/p-1. The molecule has 56 heavy (non-hydrogen) atoms. The normalized spacial score (nSPS) is 12.2. The molecule has 0 aliphatic rings. The molecule has 0 radical (unpaired) electrons. The van der Waals surface area contributed by atoms with Gasteiger partial charge in [0.25, 0.3) is 11.8 Å². The zero-order valence-corrected chi connectivity index (χ0v) is 39.4. The second kappa shape index (κ2) is 22.0. The van der Waals surface area contributed by atoms with E-state index in [9.17, 15) is 14.8 Å². The van der Waals surface area contributed by atoms with Crippen molar-refractivity contribution in [3.05, 3.63) is 88.0 Å². The molecule has 0 aliphatic carbocycles. The van der Waals surface area contributed by atoms with Gasteiger partial charge in [-0.05, 0) is 102 Å². The molecule has 0 fully saturated rings. The van der Waals surface area contributed by atoms with Crippen LogP contribution in [-0.4, -0.2) is 38.1 Å². The van der Waals surface area contributed by atoms with Gasteiger partial charge in [0.15, 0.2) is 0 Å². The third-order valence-corrected chi connectivity index (χ3v) is 12.3. The fraction of sp³-hybridized carbons (Fsp3) is 0.565. The van der Waals surface area contributed by atoms with Crippen molar-refractivity contribution in [1.82, 2.24) is 10.6 Å². The van der Waals surface area contributed by atoms with Gasteiger partial charge in [-0.2, -0.15) is 0 Å². The van der Waals surface area contributed by atoms with Crippen molar-refractivity contribution < 1.29 is 58.2 Å². The summed E-state index contributed by atoms with van der Waals surface area (Å²) in [5, 5.41) is 16.8. The quantitative estimate of drug-likeness (QED) is 0.0366. The molecule has 3 rings (SSSR count). The Hall–Kier alpha value is -2.53. The van der Waals surface area contributed by atoms with Crippen molar-refractivity contribution in [1.29, 1.82) is 0 Å². The first kappa shape index (κ1) is 49.6. The number of amides is 2. The van der Waals surface area contributed by atoms with E-state index in [0.29, 0.717) is 56.1 Å². The number of benzene rings is 3. The maximum atomic E-state index is 13.2. The van der Waals surface area contributed by atoms with Crippen molar-refractivity contribution in [3.8, 4) is 11.5 Å². The van der Waals surface area contributed by atoms with Crippen molar-refractivity contribution in [2.75, 3.05) is 26.3 Å². The van der Waals surface area contributed by atoms with E-state index in [-0.39, 0.29) is 74.2 Å². The number of nitrogens with one attached hydrogen (secondary N) is 2. The van der Waals surface area contributed by atoms with Gasteiger partial charge in [-0.1, -0.05) is 107 Å². The van der Waals surface area contributed by atoms with Crippen LogP contribution < -0.4 is 54.9 Å². The first-order valence-electron chi connectivity index (χ1n) is 20.1. The number of ether oxygens (including phenoxy) is 2. The zero-order valence-electron chi connectivity index (χ0n) is 36.6. The molecule has 0 spiro atoms. The van der Waals surface area contributed by atoms with E-state index < -0.39 is 0 Å². The molecule has 304 valence electrons. The molecule has 3 aromatic rings. The van der Waals surface area contributed by atoms with Crippen LogP contribution in [0.15, 0.2) is 59.5 Å². The Balaban J connectivity index is 0.0000108. The predicted molar refractivity (Wildman–Crippen MR) is 224 cm³/mol. The first-order chi connectivity index (χ1) is 25.8. The monoisotopic (exact) mass is 798 g/mol. The minimum atomic E-state index is -0.353. The number of hydrogen-bond donors (Lipinski definition) is 2. The average molecular weight is 799 g/mol. The Morgan fingerprint density at radius 3 is 1.30 bits per heavy atom. The summed E-state index contributed by atoms with van der Waals surface area (Å²) in [6, 6.07) is 17.7. The summed E-state index contributed by atoms with van der Waals surface area (Å²) >= 11 is 0.560. The molecule has 2 N–H and O–H groups in total. The van der Waals surface area contributed by atoms with Crippen LogP contribution in [0.25, 0.3) is 0 Å². The number of rotatable bonds is 22. The topological polar surface area (TPSA) is 109 Å². The van der Waals surface area contributed by atoms with E-state index in [1.165, 1.54) is 28.3 Å². The molecular formula is C46H67N2NaO6S. The van der Waals surface area contributed by atoms with Crippen LogP contribution >= 0.6 is 12.0 Å². The van der Waals surface area contributed by atoms with E-state index in [2.05, 4.69) is 134 Å². The van der Waals surface area contributed by atoms with Crippen molar-refractivity contribution >= 4 is 23.9 Å². The molecule has 0 saturated carbocycles. The maximum Gasteiger partial charge on any atom is 1.00 e. The van der Waals surface area contributed by atoms with E-state index in [1.807, 2.05) is 0 Å². The fourth-order valence-electron chi connectivity index (χ4n) is 6.07. The van der Waals surface area contributed by atoms with Gasteiger partial charge >= 0.3 is 29.6 Å². The van der Waals surface area contributed by atoms with Gasteiger partial charge in [-0.15, -0.1) is 0 Å². The third-order valence-electron chi connectivity index (χ3n) is 11.8. The molecule has 0 saturated heterocycles. The number of carbonyl (C=O) groups excluding carboxylic acids is 2. The van der Waals surface area contributed by atoms with Gasteiger partial charge < -0.3 is 29.7 Å². The summed E-state index contributed by atoms with van der Waals surface area (Å²) < 4.78 is 16.6. The Morgan fingerprint density at radius 2 is 0.964 bits per heavy atom. The summed E-state index contributed by atoms with van der Waals surface area (Å²) in [7, 11) is 0. The molecule has 0 bridgehead atoms. The van der Waals surface area contributed by atoms with Crippen LogP contribution in [0, 0.1) is 0 Å². The second-order valence-corrected chi connectivity index (χ2v) is 18.0. The van der Waals surface area contributed by atoms with Crippen LogP contribution in [0.2, 0.25) is 0 Å². The Kier molecular flexibility index (Phi) is 19.5. The summed E-state index contributed by atoms with van der Waals surface area (Å²) in [5.41, 5.74) is 5.55. The number of carbonyl (C=O) groups is 2. The van der Waals surface area contributed by atoms with Gasteiger partial charge in [0.2, 0.25) is 0 Å². The fourth-order valence-corrected chi connectivity index (χ4v) is 6.49. The molecule has 3 aromatic carbocycles. The predicted octanol–water partition coefficient (Wildman–Crippen LogP) is 7.14. The maximum absolute atomic E-state index is 13.2. The minimum Gasteiger partial charge on any atom is -0.710 e. The van der Waals surface area contributed by atoms with Crippen molar-refractivity contribution in [2.45, 2.75) is 148 Å². The molecule has 0 unspecified atom stereocenters. The van der Waals surface area contributed by atoms with Crippen LogP contribution in [-0.2, 0) is 26.0 Å². The average Bonchev–Trinajstić information content (AvgIpc) is 3.17. The third kappa shape index (κ3) is 13.5. The SMILES string of the molecule is CCC(C)(C)c1ccc(OCCCNC(=O)c2cc(SO[O-])cc(C(=O)NCCCOc3ccc(C(C)(C)CC)cc3C(C)(C)CC)c2)c(C(C)(C)CC)c1.[Na+]. The molecule has 8 nitrogen and oxygen atoms in total. The first-order valence-corrected chi connectivity index (χ1v) is 20.8. The largest absolute Gasteiger partial charge is 1.00 e. The molecule has 2 amide bonds. The molecular weight excluding hydrogens is 732 g/mol. The van der Waals surface area contributed by atoms with E-state index in [1.54, 1.807) is 12.1 Å². The van der Waals surface area contributed by atoms with Crippen LogP contribution in [0.5, 0.6) is 11.5 Å². The minimum absolute atomic E-state index is 0. The Bertz CT molecular complexity index is 1620. The van der Waals surface area contributed by atoms with Gasteiger partial charge in [0, 0.05) is 52.3 Å². The van der Waals surface area contributed by atoms with Crippen LogP contribution in [0.4, 0.5) is 0 Å². The van der Waals surface area contributed by atoms with Crippen LogP contribution in [0.3, 0.4) is 0 Å². The summed E-state index contributed by atoms with van der Waals surface area (Å²) in [4.78, 5) is 26.8. The second-order valence-electron chi connectivity index (χ2n) is 17.2. The molecule has 0 aromatic heterocycles. The van der Waals surface area contributed by atoms with E-state index >= 15 is 0 Å². The van der Waals surface area contributed by atoms with Gasteiger partial charge in [-0.25, -0.2) is 0 Å². The van der Waals surface area contributed by atoms with Crippen molar-refractivity contribution in [3.63, 3.8) is 0 Å². The van der Waals surface area contributed by atoms with E-state index in [4.69, 9.17) is 9.47 Å². The van der Waals surface area contributed by atoms with Gasteiger partial charge in [-0.3, -0.25) is 9.59 Å². The molecule has 10 heteroatoms. The molecule has 0 aliphatic heterocycles. The van der Waals surface area contributed by atoms with E-state index in [0.717, 1.165) is 37.2 Å². The molecule has 0 heterocycles. The smallest absolute Gasteiger partial charge is 0.710 e. The van der Waals surface area contributed by atoms with Crippen LogP contribution in [0.1, 0.15) is 165 Å². The summed E-state index contributed by atoms with van der Waals surface area (Å²) in [6.07, 6.45) is 5.21. The number of hydrogen-bond acceptors (Lipinski definition) is 7.